The summed E-state index contributed by atoms with van der Waals surface area (Å²) in [6, 6.07) is 13.4. The van der Waals surface area contributed by atoms with Gasteiger partial charge in [0.25, 0.3) is 0 Å². The Kier molecular flexibility index (Phi) is 4.69. The first-order valence-electron chi connectivity index (χ1n) is 6.64. The van der Waals surface area contributed by atoms with E-state index in [9.17, 15) is 8.78 Å². The minimum absolute atomic E-state index is 0.211. The molecule has 2 rings (SSSR count). The first kappa shape index (κ1) is 14.5. The second-order valence-electron chi connectivity index (χ2n) is 4.52. The zero-order valence-corrected chi connectivity index (χ0v) is 11.4. The summed E-state index contributed by atoms with van der Waals surface area (Å²) in [4.78, 5) is 1.97. The number of halogens is 2. The van der Waals surface area contributed by atoms with Gasteiger partial charge in [-0.25, -0.2) is 8.78 Å². The first-order chi connectivity index (χ1) is 9.69. The Bertz CT molecular complexity index is 558. The van der Waals surface area contributed by atoms with Crippen LogP contribution in [0, 0.1) is 11.6 Å². The molecule has 0 saturated carbocycles. The van der Waals surface area contributed by atoms with Gasteiger partial charge in [-0.15, -0.1) is 0 Å². The van der Waals surface area contributed by atoms with Crippen molar-refractivity contribution in [3.05, 3.63) is 65.7 Å². The maximum atomic E-state index is 14.0. The SMILES string of the molecule is CCN(c1ccccc1)C(CN)c1cccc(F)c1F. The quantitative estimate of drug-likeness (QED) is 0.905. The third-order valence-electron chi connectivity index (χ3n) is 3.37. The van der Waals surface area contributed by atoms with Crippen LogP contribution in [-0.4, -0.2) is 13.1 Å². The highest BCUT2D eigenvalue weighted by atomic mass is 19.2. The molecule has 106 valence electrons. The van der Waals surface area contributed by atoms with Crippen molar-refractivity contribution in [3.8, 4) is 0 Å². The van der Waals surface area contributed by atoms with Crippen LogP contribution in [0.2, 0.25) is 0 Å². The van der Waals surface area contributed by atoms with E-state index in [2.05, 4.69) is 0 Å². The second-order valence-corrected chi connectivity index (χ2v) is 4.52. The number of nitrogens with two attached hydrogens (primary N) is 1. The Morgan fingerprint density at radius 2 is 1.75 bits per heavy atom. The van der Waals surface area contributed by atoms with Gasteiger partial charge in [0.15, 0.2) is 11.6 Å². The van der Waals surface area contributed by atoms with Crippen molar-refractivity contribution in [2.45, 2.75) is 13.0 Å². The summed E-state index contributed by atoms with van der Waals surface area (Å²) in [5.41, 5.74) is 7.04. The molecular weight excluding hydrogens is 258 g/mol. The van der Waals surface area contributed by atoms with Crippen LogP contribution in [0.4, 0.5) is 14.5 Å². The van der Waals surface area contributed by atoms with Crippen LogP contribution >= 0.6 is 0 Å². The van der Waals surface area contributed by atoms with Crippen molar-refractivity contribution in [2.75, 3.05) is 18.0 Å². The third kappa shape index (κ3) is 2.80. The van der Waals surface area contributed by atoms with Crippen LogP contribution < -0.4 is 10.6 Å². The minimum atomic E-state index is -0.843. The predicted molar refractivity (Wildman–Crippen MR) is 77.6 cm³/mol. The standard InChI is InChI=1S/C16H18F2N2/c1-2-20(12-7-4-3-5-8-12)15(11-19)13-9-6-10-14(17)16(13)18/h3-10,15H,2,11,19H2,1H3. The van der Waals surface area contributed by atoms with E-state index in [1.54, 1.807) is 6.07 Å². The summed E-state index contributed by atoms with van der Waals surface area (Å²) in [5.74, 6) is -1.66. The minimum Gasteiger partial charge on any atom is -0.363 e. The van der Waals surface area contributed by atoms with Crippen LogP contribution in [0.3, 0.4) is 0 Å². The molecule has 0 amide bonds. The highest BCUT2D eigenvalue weighted by Gasteiger charge is 2.22. The molecule has 0 aromatic heterocycles. The summed E-state index contributed by atoms with van der Waals surface area (Å²) in [6.45, 7) is 2.83. The van der Waals surface area contributed by atoms with E-state index in [1.807, 2.05) is 42.2 Å². The zero-order chi connectivity index (χ0) is 14.5. The lowest BCUT2D eigenvalue weighted by molar-refractivity contribution is 0.483. The Morgan fingerprint density at radius 3 is 2.35 bits per heavy atom. The van der Waals surface area contributed by atoms with Crippen LogP contribution in [0.5, 0.6) is 0 Å². The molecule has 2 aromatic rings. The molecular formula is C16H18F2N2. The summed E-state index contributed by atoms with van der Waals surface area (Å²) in [7, 11) is 0. The van der Waals surface area contributed by atoms with Gasteiger partial charge in [-0.1, -0.05) is 30.3 Å². The smallest absolute Gasteiger partial charge is 0.164 e. The number of nitrogens with zero attached hydrogens (tertiary/aromatic N) is 1. The van der Waals surface area contributed by atoms with Crippen molar-refractivity contribution < 1.29 is 8.78 Å². The van der Waals surface area contributed by atoms with Gasteiger partial charge in [-0.05, 0) is 25.1 Å². The molecule has 2 nitrogen and oxygen atoms in total. The number of para-hydroxylation sites is 1. The van der Waals surface area contributed by atoms with Gasteiger partial charge >= 0.3 is 0 Å². The molecule has 0 aliphatic carbocycles. The lowest BCUT2D eigenvalue weighted by Crippen LogP contribution is -2.34. The number of hydrogen-bond donors (Lipinski definition) is 1. The number of hydrogen-bond acceptors (Lipinski definition) is 2. The first-order valence-corrected chi connectivity index (χ1v) is 6.64. The largest absolute Gasteiger partial charge is 0.363 e. The Labute approximate surface area is 117 Å². The van der Waals surface area contributed by atoms with Crippen LogP contribution in [0.15, 0.2) is 48.5 Å². The van der Waals surface area contributed by atoms with Gasteiger partial charge in [-0.3, -0.25) is 0 Å². The predicted octanol–water partition coefficient (Wildman–Crippen LogP) is 3.49. The zero-order valence-electron chi connectivity index (χ0n) is 11.4. The van der Waals surface area contributed by atoms with Gasteiger partial charge in [0.1, 0.15) is 0 Å². The topological polar surface area (TPSA) is 29.3 Å². The molecule has 1 unspecified atom stereocenters. The second kappa shape index (κ2) is 6.48. The molecule has 1 atom stereocenters. The number of benzene rings is 2. The molecule has 2 N–H and O–H groups in total. The van der Waals surface area contributed by atoms with Gasteiger partial charge in [0.05, 0.1) is 6.04 Å². The molecule has 2 aromatic carbocycles. The van der Waals surface area contributed by atoms with Crippen LogP contribution in [0.25, 0.3) is 0 Å². The average molecular weight is 276 g/mol. The molecule has 0 radical (unpaired) electrons. The molecule has 4 heteroatoms. The fourth-order valence-electron chi connectivity index (χ4n) is 2.40. The summed E-state index contributed by atoms with van der Waals surface area (Å²) in [6.07, 6.45) is 0. The maximum Gasteiger partial charge on any atom is 0.164 e. The monoisotopic (exact) mass is 276 g/mol. The summed E-state index contributed by atoms with van der Waals surface area (Å²) >= 11 is 0. The van der Waals surface area contributed by atoms with E-state index in [1.165, 1.54) is 6.07 Å². The van der Waals surface area contributed by atoms with Crippen molar-refractivity contribution in [2.24, 2.45) is 5.73 Å². The van der Waals surface area contributed by atoms with Crippen LogP contribution in [-0.2, 0) is 0 Å². The van der Waals surface area contributed by atoms with Gasteiger partial charge in [0.2, 0.25) is 0 Å². The number of anilines is 1. The van der Waals surface area contributed by atoms with E-state index < -0.39 is 17.7 Å². The summed E-state index contributed by atoms with van der Waals surface area (Å²) in [5, 5.41) is 0. The van der Waals surface area contributed by atoms with Crippen molar-refractivity contribution in [3.63, 3.8) is 0 Å². The molecule has 0 fully saturated rings. The van der Waals surface area contributed by atoms with E-state index in [0.717, 1.165) is 11.8 Å². The highest BCUT2D eigenvalue weighted by Crippen LogP contribution is 2.28. The van der Waals surface area contributed by atoms with E-state index >= 15 is 0 Å². The molecule has 0 heterocycles. The average Bonchev–Trinajstić information content (AvgIpc) is 2.49. The lowest BCUT2D eigenvalue weighted by atomic mass is 10.0. The molecule has 0 saturated heterocycles. The van der Waals surface area contributed by atoms with Gasteiger partial charge < -0.3 is 10.6 Å². The Hall–Kier alpha value is -1.94. The molecule has 20 heavy (non-hydrogen) atoms. The Morgan fingerprint density at radius 1 is 1.05 bits per heavy atom. The number of rotatable bonds is 5. The molecule has 0 spiro atoms. The third-order valence-corrected chi connectivity index (χ3v) is 3.37. The Balaban J connectivity index is 2.42. The van der Waals surface area contributed by atoms with Gasteiger partial charge in [0, 0.05) is 24.3 Å². The van der Waals surface area contributed by atoms with Crippen molar-refractivity contribution in [1.29, 1.82) is 0 Å². The molecule has 0 aliphatic rings. The molecule has 0 aliphatic heterocycles. The maximum absolute atomic E-state index is 14.0. The summed E-state index contributed by atoms with van der Waals surface area (Å²) < 4.78 is 27.4. The van der Waals surface area contributed by atoms with E-state index in [-0.39, 0.29) is 6.54 Å². The van der Waals surface area contributed by atoms with Crippen LogP contribution in [0.1, 0.15) is 18.5 Å². The number of likely N-dealkylation sites (N-methyl/N-ethyl adjacent to an activating group) is 1. The van der Waals surface area contributed by atoms with Gasteiger partial charge in [-0.2, -0.15) is 0 Å². The lowest BCUT2D eigenvalue weighted by Gasteiger charge is -2.32. The van der Waals surface area contributed by atoms with Crippen molar-refractivity contribution in [1.82, 2.24) is 0 Å². The fourth-order valence-corrected chi connectivity index (χ4v) is 2.40. The molecule has 0 bridgehead atoms. The fraction of sp³-hybridized carbons (Fsp3) is 0.250. The normalized spacial score (nSPS) is 12.2. The van der Waals surface area contributed by atoms with E-state index in [0.29, 0.717) is 12.1 Å². The van der Waals surface area contributed by atoms with E-state index in [4.69, 9.17) is 5.73 Å². The highest BCUT2D eigenvalue weighted by molar-refractivity contribution is 5.49. The van der Waals surface area contributed by atoms with Crippen molar-refractivity contribution >= 4 is 5.69 Å².